The van der Waals surface area contributed by atoms with Crippen molar-refractivity contribution in [1.29, 1.82) is 0 Å². The monoisotopic (exact) mass is 334 g/mol. The summed E-state index contributed by atoms with van der Waals surface area (Å²) in [6, 6.07) is 0. The lowest BCUT2D eigenvalue weighted by Crippen LogP contribution is -2.17. The Morgan fingerprint density at radius 1 is 0.520 bits per heavy atom. The van der Waals surface area contributed by atoms with Gasteiger partial charge in [-0.3, -0.25) is 0 Å². The second-order valence-corrected chi connectivity index (χ2v) is 8.59. The van der Waals surface area contributed by atoms with Crippen molar-refractivity contribution in [2.45, 2.75) is 74.7 Å². The van der Waals surface area contributed by atoms with E-state index in [1.807, 2.05) is 6.92 Å². The number of benzene rings is 2. The molecular formula is C23H30N2. The van der Waals surface area contributed by atoms with Crippen molar-refractivity contribution in [3.8, 4) is 0 Å². The van der Waals surface area contributed by atoms with Crippen LogP contribution in [0.2, 0.25) is 0 Å². The Kier molecular flexibility index (Phi) is 3.94. The average molecular weight is 335 g/mol. The van der Waals surface area contributed by atoms with Crippen LogP contribution >= 0.6 is 0 Å². The number of rotatable bonds is 0. The van der Waals surface area contributed by atoms with Gasteiger partial charge in [-0.15, -0.1) is 0 Å². The Balaban J connectivity index is 2.74. The lowest BCUT2D eigenvalue weighted by molar-refractivity contribution is 0.571. The van der Waals surface area contributed by atoms with Gasteiger partial charge in [0.25, 0.3) is 0 Å². The summed E-state index contributed by atoms with van der Waals surface area (Å²) in [6.07, 6.45) is 0. The Labute approximate surface area is 151 Å². The van der Waals surface area contributed by atoms with E-state index in [-0.39, 0.29) is 5.41 Å². The molecule has 0 radical (unpaired) electrons. The van der Waals surface area contributed by atoms with Crippen molar-refractivity contribution in [2.24, 2.45) is 0 Å². The first-order valence-electron chi connectivity index (χ1n) is 9.14. The third-order valence-electron chi connectivity index (χ3n) is 5.90. The van der Waals surface area contributed by atoms with Crippen LogP contribution in [0.1, 0.15) is 65.7 Å². The lowest BCUT2D eigenvalue weighted by atomic mass is 9.82. The molecule has 0 bridgehead atoms. The van der Waals surface area contributed by atoms with E-state index in [1.165, 1.54) is 49.5 Å². The van der Waals surface area contributed by atoms with E-state index in [4.69, 9.17) is 9.97 Å². The van der Waals surface area contributed by atoms with Crippen LogP contribution in [0.4, 0.5) is 0 Å². The van der Waals surface area contributed by atoms with Gasteiger partial charge in [0.2, 0.25) is 0 Å². The first kappa shape index (κ1) is 17.8. The van der Waals surface area contributed by atoms with E-state index in [2.05, 4.69) is 62.3 Å². The maximum absolute atomic E-state index is 4.87. The molecule has 0 aliphatic heterocycles. The van der Waals surface area contributed by atoms with Gasteiger partial charge in [-0.1, -0.05) is 20.8 Å². The Morgan fingerprint density at radius 3 is 1.48 bits per heavy atom. The predicted molar refractivity (Wildman–Crippen MR) is 109 cm³/mol. The van der Waals surface area contributed by atoms with Crippen molar-refractivity contribution in [3.63, 3.8) is 0 Å². The molecule has 0 N–H and O–H groups in total. The van der Waals surface area contributed by atoms with Crippen LogP contribution in [0.3, 0.4) is 0 Å². The molecule has 1 heterocycles. The molecule has 132 valence electrons. The van der Waals surface area contributed by atoms with Crippen LogP contribution in [0.5, 0.6) is 0 Å². The third kappa shape index (κ3) is 2.46. The highest BCUT2D eigenvalue weighted by Crippen LogP contribution is 2.40. The summed E-state index contributed by atoms with van der Waals surface area (Å²) >= 11 is 0. The minimum Gasteiger partial charge on any atom is -0.237 e. The topological polar surface area (TPSA) is 25.8 Å². The van der Waals surface area contributed by atoms with Crippen molar-refractivity contribution in [3.05, 3.63) is 44.9 Å². The normalized spacial score (nSPS) is 12.4. The van der Waals surface area contributed by atoms with E-state index in [0.717, 1.165) is 17.0 Å². The van der Waals surface area contributed by atoms with Crippen molar-refractivity contribution in [1.82, 2.24) is 9.97 Å². The fourth-order valence-corrected chi connectivity index (χ4v) is 4.24. The third-order valence-corrected chi connectivity index (χ3v) is 5.90. The van der Waals surface area contributed by atoms with Crippen LogP contribution < -0.4 is 0 Å². The van der Waals surface area contributed by atoms with Crippen LogP contribution in [-0.2, 0) is 5.41 Å². The second-order valence-electron chi connectivity index (χ2n) is 8.59. The van der Waals surface area contributed by atoms with Crippen molar-refractivity contribution in [2.75, 3.05) is 0 Å². The minimum absolute atomic E-state index is 0.0144. The molecule has 0 atom stereocenters. The molecule has 0 aliphatic rings. The van der Waals surface area contributed by atoms with Gasteiger partial charge in [0, 0.05) is 10.8 Å². The Morgan fingerprint density at radius 2 is 1.00 bits per heavy atom. The molecule has 0 saturated carbocycles. The zero-order valence-corrected chi connectivity index (χ0v) is 17.4. The maximum atomic E-state index is 4.87. The molecule has 0 unspecified atom stereocenters. The van der Waals surface area contributed by atoms with Crippen LogP contribution in [0.15, 0.2) is 0 Å². The van der Waals surface area contributed by atoms with E-state index in [9.17, 15) is 0 Å². The molecule has 2 heteroatoms. The van der Waals surface area contributed by atoms with Crippen LogP contribution in [0, 0.1) is 48.5 Å². The lowest BCUT2D eigenvalue weighted by Gasteiger charge is -2.25. The Bertz CT molecular complexity index is 1030. The van der Waals surface area contributed by atoms with Crippen LogP contribution in [0.25, 0.3) is 21.7 Å². The summed E-state index contributed by atoms with van der Waals surface area (Å²) in [5.41, 5.74) is 10.4. The molecule has 2 aromatic carbocycles. The first-order chi connectivity index (χ1) is 11.5. The van der Waals surface area contributed by atoms with Gasteiger partial charge in [0.15, 0.2) is 0 Å². The van der Waals surface area contributed by atoms with E-state index in [1.54, 1.807) is 0 Å². The number of hydrogen-bond acceptors (Lipinski definition) is 2. The maximum Gasteiger partial charge on any atom is 0.126 e. The van der Waals surface area contributed by atoms with Gasteiger partial charge < -0.3 is 0 Å². The van der Waals surface area contributed by atoms with Gasteiger partial charge in [-0.25, -0.2) is 9.97 Å². The molecule has 2 nitrogen and oxygen atoms in total. The number of fused-ring (bicyclic) bond motifs is 2. The second kappa shape index (κ2) is 5.52. The van der Waals surface area contributed by atoms with E-state index >= 15 is 0 Å². The van der Waals surface area contributed by atoms with Gasteiger partial charge >= 0.3 is 0 Å². The number of nitrogens with zero attached hydrogens (tertiary/aromatic N) is 2. The zero-order valence-electron chi connectivity index (χ0n) is 17.4. The van der Waals surface area contributed by atoms with Gasteiger partial charge in [-0.05, 0) is 92.6 Å². The molecule has 0 spiro atoms. The summed E-state index contributed by atoms with van der Waals surface area (Å²) in [6.45, 7) is 22.2. The highest BCUT2D eigenvalue weighted by atomic mass is 14.9. The highest BCUT2D eigenvalue weighted by Gasteiger charge is 2.25. The number of aryl methyl sites for hydroxylation is 5. The molecule has 0 saturated heterocycles. The van der Waals surface area contributed by atoms with Gasteiger partial charge in [-0.2, -0.15) is 0 Å². The van der Waals surface area contributed by atoms with Crippen molar-refractivity contribution >= 4 is 21.7 Å². The predicted octanol–water partition coefficient (Wildman–Crippen LogP) is 6.24. The Hall–Kier alpha value is -1.96. The summed E-state index contributed by atoms with van der Waals surface area (Å²) in [4.78, 5) is 9.73. The fraction of sp³-hybridized carbons (Fsp3) is 0.478. The minimum atomic E-state index is -0.0144. The summed E-state index contributed by atoms with van der Waals surface area (Å²) in [7, 11) is 0. The first-order valence-corrected chi connectivity index (χ1v) is 9.14. The van der Waals surface area contributed by atoms with Crippen molar-refractivity contribution < 1.29 is 0 Å². The zero-order chi connectivity index (χ0) is 18.8. The SMILES string of the molecule is Cc1nc(C(C)(C)C)c2c(C)c3c(C)c(C)c(C)c(C)c3c(C)c2n1. The van der Waals surface area contributed by atoms with Gasteiger partial charge in [0.05, 0.1) is 11.2 Å². The summed E-state index contributed by atoms with van der Waals surface area (Å²) < 4.78 is 0. The molecule has 0 amide bonds. The molecule has 0 aliphatic carbocycles. The highest BCUT2D eigenvalue weighted by molar-refractivity contribution is 6.08. The molecule has 0 fully saturated rings. The molecule has 25 heavy (non-hydrogen) atoms. The molecule has 1 aromatic heterocycles. The van der Waals surface area contributed by atoms with Crippen LogP contribution in [-0.4, -0.2) is 9.97 Å². The number of aromatic nitrogens is 2. The average Bonchev–Trinajstić information content (AvgIpc) is 2.52. The van der Waals surface area contributed by atoms with E-state index < -0.39 is 0 Å². The molecule has 3 aromatic rings. The smallest absolute Gasteiger partial charge is 0.126 e. The number of hydrogen-bond donors (Lipinski definition) is 0. The van der Waals surface area contributed by atoms with Gasteiger partial charge in [0.1, 0.15) is 5.82 Å². The quantitative estimate of drug-likeness (QED) is 0.455. The molecular weight excluding hydrogens is 304 g/mol. The largest absolute Gasteiger partial charge is 0.237 e. The molecule has 3 rings (SSSR count). The summed E-state index contributed by atoms with van der Waals surface area (Å²) in [5, 5.41) is 4.01. The van der Waals surface area contributed by atoms with E-state index in [0.29, 0.717) is 0 Å². The standard InChI is InChI=1S/C23H30N2/c1-11-12(2)14(4)19-16(6)21-20(15(5)18(19)13(11)3)22(23(8,9)10)25-17(7)24-21/h1-10H3. The summed E-state index contributed by atoms with van der Waals surface area (Å²) in [5.74, 6) is 0.859. The fourth-order valence-electron chi connectivity index (χ4n) is 4.24.